The van der Waals surface area contributed by atoms with E-state index < -0.39 is 0 Å². The van der Waals surface area contributed by atoms with Gasteiger partial charge in [-0.1, -0.05) is 27.7 Å². The average Bonchev–Trinajstić information content (AvgIpc) is 2.08. The molecule has 0 N–H and O–H groups in total. The van der Waals surface area contributed by atoms with E-state index in [1.807, 2.05) is 13.8 Å². The Bertz CT molecular complexity index is 99.2. The number of piperidine rings is 1. The second-order valence-electron chi connectivity index (χ2n) is 3.91. The molecule has 1 aliphatic heterocycles. The summed E-state index contributed by atoms with van der Waals surface area (Å²) in [6.45, 7) is 11.3. The van der Waals surface area contributed by atoms with Crippen molar-refractivity contribution in [3.63, 3.8) is 0 Å². The van der Waals surface area contributed by atoms with E-state index in [1.54, 1.807) is 0 Å². The van der Waals surface area contributed by atoms with Crippen LogP contribution in [-0.4, -0.2) is 25.0 Å². The fourth-order valence-corrected chi connectivity index (χ4v) is 1.75. The number of rotatable bonds is 1. The molecule has 1 saturated heterocycles. The maximum absolute atomic E-state index is 2.45. The first-order valence-corrected chi connectivity index (χ1v) is 5.38. The first kappa shape index (κ1) is 12.0. The van der Waals surface area contributed by atoms with Crippen molar-refractivity contribution in [2.75, 3.05) is 20.1 Å². The molecule has 0 aromatic rings. The molecule has 1 rings (SSSR count). The Morgan fingerprint density at radius 3 is 2.17 bits per heavy atom. The van der Waals surface area contributed by atoms with Crippen LogP contribution in [0.15, 0.2) is 0 Å². The van der Waals surface area contributed by atoms with Gasteiger partial charge < -0.3 is 4.90 Å². The summed E-state index contributed by atoms with van der Waals surface area (Å²) >= 11 is 0. The van der Waals surface area contributed by atoms with Crippen molar-refractivity contribution in [2.24, 2.45) is 11.8 Å². The zero-order chi connectivity index (χ0) is 9.56. The zero-order valence-electron chi connectivity index (χ0n) is 9.43. The summed E-state index contributed by atoms with van der Waals surface area (Å²) in [6, 6.07) is 0. The molecule has 0 amide bonds. The molecular weight excluding hydrogens is 146 g/mol. The van der Waals surface area contributed by atoms with Crippen LogP contribution in [0.2, 0.25) is 0 Å². The fourth-order valence-electron chi connectivity index (χ4n) is 1.75. The average molecular weight is 171 g/mol. The van der Waals surface area contributed by atoms with Crippen LogP contribution in [0.1, 0.15) is 40.5 Å². The van der Waals surface area contributed by atoms with E-state index in [0.29, 0.717) is 0 Å². The summed E-state index contributed by atoms with van der Waals surface area (Å²) in [6.07, 6.45) is 2.85. The highest BCUT2D eigenvalue weighted by Crippen LogP contribution is 2.21. The topological polar surface area (TPSA) is 3.24 Å². The molecule has 0 aliphatic carbocycles. The Hall–Kier alpha value is -0.0400. The molecule has 1 unspecified atom stereocenters. The Morgan fingerprint density at radius 2 is 1.83 bits per heavy atom. The lowest BCUT2D eigenvalue weighted by atomic mass is 9.88. The third-order valence-corrected chi connectivity index (χ3v) is 2.60. The number of hydrogen-bond acceptors (Lipinski definition) is 1. The van der Waals surface area contributed by atoms with Gasteiger partial charge in [0.25, 0.3) is 0 Å². The number of likely N-dealkylation sites (tertiary alicyclic amines) is 1. The van der Waals surface area contributed by atoms with Crippen molar-refractivity contribution in [3.05, 3.63) is 0 Å². The Balaban J connectivity index is 0.000000561. The van der Waals surface area contributed by atoms with E-state index in [-0.39, 0.29) is 0 Å². The molecule has 1 heteroatoms. The Labute approximate surface area is 78.1 Å². The standard InChI is InChI=1S/C9H19N.C2H6/c1-8(2)9-5-4-6-10(3)7-9;1-2/h8-9H,4-7H2,1-3H3;1-2H3. The summed E-state index contributed by atoms with van der Waals surface area (Å²) in [7, 11) is 2.23. The van der Waals surface area contributed by atoms with Gasteiger partial charge in [-0.2, -0.15) is 0 Å². The van der Waals surface area contributed by atoms with Crippen LogP contribution >= 0.6 is 0 Å². The zero-order valence-corrected chi connectivity index (χ0v) is 9.43. The lowest BCUT2D eigenvalue weighted by molar-refractivity contribution is 0.173. The highest BCUT2D eigenvalue weighted by atomic mass is 15.1. The van der Waals surface area contributed by atoms with E-state index in [2.05, 4.69) is 25.8 Å². The van der Waals surface area contributed by atoms with Crippen molar-refractivity contribution in [2.45, 2.75) is 40.5 Å². The molecule has 74 valence electrons. The summed E-state index contributed by atoms with van der Waals surface area (Å²) < 4.78 is 0. The van der Waals surface area contributed by atoms with Gasteiger partial charge in [0, 0.05) is 6.54 Å². The third-order valence-electron chi connectivity index (χ3n) is 2.60. The molecule has 0 aromatic heterocycles. The van der Waals surface area contributed by atoms with Gasteiger partial charge in [-0.25, -0.2) is 0 Å². The van der Waals surface area contributed by atoms with Crippen LogP contribution < -0.4 is 0 Å². The molecular formula is C11H25N. The van der Waals surface area contributed by atoms with Crippen LogP contribution in [-0.2, 0) is 0 Å². The van der Waals surface area contributed by atoms with E-state index in [9.17, 15) is 0 Å². The quantitative estimate of drug-likeness (QED) is 0.586. The van der Waals surface area contributed by atoms with Crippen LogP contribution in [0.4, 0.5) is 0 Å². The van der Waals surface area contributed by atoms with Gasteiger partial charge in [0.15, 0.2) is 0 Å². The highest BCUT2D eigenvalue weighted by molar-refractivity contribution is 4.72. The monoisotopic (exact) mass is 171 g/mol. The van der Waals surface area contributed by atoms with Crippen LogP contribution in [0.3, 0.4) is 0 Å². The van der Waals surface area contributed by atoms with E-state index in [0.717, 1.165) is 11.8 Å². The highest BCUT2D eigenvalue weighted by Gasteiger charge is 2.19. The predicted octanol–water partition coefficient (Wildman–Crippen LogP) is 3.01. The Morgan fingerprint density at radius 1 is 1.25 bits per heavy atom. The third kappa shape index (κ3) is 4.10. The summed E-state index contributed by atoms with van der Waals surface area (Å²) in [5.74, 6) is 1.83. The van der Waals surface area contributed by atoms with Gasteiger partial charge in [0.2, 0.25) is 0 Å². The van der Waals surface area contributed by atoms with Crippen LogP contribution in [0.5, 0.6) is 0 Å². The van der Waals surface area contributed by atoms with Gasteiger partial charge in [-0.15, -0.1) is 0 Å². The van der Waals surface area contributed by atoms with Crippen molar-refractivity contribution >= 4 is 0 Å². The van der Waals surface area contributed by atoms with Crippen molar-refractivity contribution in [1.82, 2.24) is 4.90 Å². The van der Waals surface area contributed by atoms with E-state index in [4.69, 9.17) is 0 Å². The van der Waals surface area contributed by atoms with Crippen molar-refractivity contribution in [1.29, 1.82) is 0 Å². The smallest absolute Gasteiger partial charge is 0.000906 e. The minimum Gasteiger partial charge on any atom is -0.306 e. The van der Waals surface area contributed by atoms with Crippen molar-refractivity contribution in [3.8, 4) is 0 Å². The molecule has 1 fully saturated rings. The molecule has 12 heavy (non-hydrogen) atoms. The van der Waals surface area contributed by atoms with Crippen LogP contribution in [0, 0.1) is 11.8 Å². The molecule has 0 spiro atoms. The second-order valence-corrected chi connectivity index (χ2v) is 3.91. The maximum Gasteiger partial charge on any atom is 0.000906 e. The Kier molecular flexibility index (Phi) is 6.45. The second kappa shape index (κ2) is 6.47. The molecule has 0 radical (unpaired) electrons. The number of nitrogens with zero attached hydrogens (tertiary/aromatic N) is 1. The lowest BCUT2D eigenvalue weighted by Gasteiger charge is -2.31. The molecule has 1 aliphatic rings. The predicted molar refractivity (Wildman–Crippen MR) is 56.4 cm³/mol. The van der Waals surface area contributed by atoms with Crippen molar-refractivity contribution < 1.29 is 0 Å². The molecule has 0 saturated carbocycles. The first-order valence-electron chi connectivity index (χ1n) is 5.38. The summed E-state index contributed by atoms with van der Waals surface area (Å²) in [4.78, 5) is 2.45. The van der Waals surface area contributed by atoms with Crippen LogP contribution in [0.25, 0.3) is 0 Å². The SMILES string of the molecule is CC.CC(C)C1CCCN(C)C1. The minimum absolute atomic E-state index is 0.878. The number of hydrogen-bond donors (Lipinski definition) is 0. The fraction of sp³-hybridized carbons (Fsp3) is 1.00. The molecule has 0 bridgehead atoms. The largest absolute Gasteiger partial charge is 0.306 e. The normalized spacial score (nSPS) is 25.0. The summed E-state index contributed by atoms with van der Waals surface area (Å²) in [5, 5.41) is 0. The maximum atomic E-state index is 2.45. The molecule has 1 nitrogen and oxygen atoms in total. The summed E-state index contributed by atoms with van der Waals surface area (Å²) in [5.41, 5.74) is 0. The molecule has 1 atom stereocenters. The first-order chi connectivity index (χ1) is 5.70. The molecule has 1 heterocycles. The van der Waals surface area contributed by atoms with Gasteiger partial charge in [0.1, 0.15) is 0 Å². The lowest BCUT2D eigenvalue weighted by Crippen LogP contribution is -2.34. The van der Waals surface area contributed by atoms with E-state index >= 15 is 0 Å². The molecule has 0 aromatic carbocycles. The van der Waals surface area contributed by atoms with Gasteiger partial charge in [0.05, 0.1) is 0 Å². The van der Waals surface area contributed by atoms with Gasteiger partial charge in [-0.3, -0.25) is 0 Å². The van der Waals surface area contributed by atoms with Gasteiger partial charge >= 0.3 is 0 Å². The minimum atomic E-state index is 0.878. The van der Waals surface area contributed by atoms with Gasteiger partial charge in [-0.05, 0) is 38.3 Å². The van der Waals surface area contributed by atoms with E-state index in [1.165, 1.54) is 25.9 Å².